The van der Waals surface area contributed by atoms with Crippen LogP contribution in [0.3, 0.4) is 0 Å². The van der Waals surface area contributed by atoms with Crippen LogP contribution in [0.4, 0.5) is 14.5 Å². The van der Waals surface area contributed by atoms with Gasteiger partial charge in [0, 0.05) is 6.20 Å². The third kappa shape index (κ3) is 5.58. The molecule has 0 aliphatic rings. The van der Waals surface area contributed by atoms with Gasteiger partial charge in [0.25, 0.3) is 5.91 Å². The van der Waals surface area contributed by atoms with Gasteiger partial charge in [0.15, 0.2) is 5.69 Å². The minimum atomic E-state index is -4.10. The molecule has 0 saturated heterocycles. The summed E-state index contributed by atoms with van der Waals surface area (Å²) in [6.45, 7) is -3.45. The second-order valence-corrected chi connectivity index (χ2v) is 8.89. The quantitative estimate of drug-likeness (QED) is 0.413. The summed E-state index contributed by atoms with van der Waals surface area (Å²) in [6.07, 6.45) is 0.964. The number of nitrogens with two attached hydrogens (primary N) is 1. The summed E-state index contributed by atoms with van der Waals surface area (Å²) in [5.74, 6) is -0.315. The van der Waals surface area contributed by atoms with E-state index < -0.39 is 35.0 Å². The van der Waals surface area contributed by atoms with Crippen molar-refractivity contribution in [3.8, 4) is 11.5 Å². The molecule has 1 amide bonds. The van der Waals surface area contributed by atoms with Crippen LogP contribution >= 0.6 is 0 Å². The van der Waals surface area contributed by atoms with Gasteiger partial charge in [-0.3, -0.25) is 4.79 Å². The molecule has 0 radical (unpaired) electrons. The highest BCUT2D eigenvalue weighted by Crippen LogP contribution is 2.26. The van der Waals surface area contributed by atoms with Gasteiger partial charge in [-0.15, -0.1) is 0 Å². The number of hydrogen-bond acceptors (Lipinski definition) is 8. The fraction of sp³-hybridized carbons (Fsp3) is 0.182. The van der Waals surface area contributed by atoms with E-state index in [4.69, 9.17) is 10.5 Å². The Morgan fingerprint density at radius 2 is 1.71 bits per heavy atom. The molecule has 4 N–H and O–H groups in total. The molecule has 0 fully saturated rings. The van der Waals surface area contributed by atoms with Crippen molar-refractivity contribution in [3.05, 3.63) is 72.1 Å². The maximum absolute atomic E-state index is 12.8. The number of aliphatic hydroxyl groups excluding tert-OH is 1. The normalized spacial score (nSPS) is 12.3. The molecule has 3 aromatic rings. The lowest BCUT2D eigenvalue weighted by molar-refractivity contribution is -0.0498. The van der Waals surface area contributed by atoms with E-state index in [1.807, 2.05) is 0 Å². The summed E-state index contributed by atoms with van der Waals surface area (Å²) in [7, 11) is -2.59. The number of sulfone groups is 1. The van der Waals surface area contributed by atoms with E-state index in [0.29, 0.717) is 11.3 Å². The first-order chi connectivity index (χ1) is 16.1. The molecule has 3 rings (SSSR count). The van der Waals surface area contributed by atoms with Gasteiger partial charge in [-0.25, -0.2) is 13.4 Å². The zero-order valence-corrected chi connectivity index (χ0v) is 18.6. The topological polar surface area (TPSA) is 141 Å². The Labute approximate surface area is 194 Å². The molecule has 2 aromatic carbocycles. The summed E-state index contributed by atoms with van der Waals surface area (Å²) >= 11 is 0. The van der Waals surface area contributed by atoms with Gasteiger partial charge in [0.2, 0.25) is 9.84 Å². The molecule has 1 atom stereocenters. The van der Waals surface area contributed by atoms with Gasteiger partial charge in [0.05, 0.1) is 35.2 Å². The number of amides is 1. The smallest absolute Gasteiger partial charge is 0.387 e. The van der Waals surface area contributed by atoms with Gasteiger partial charge in [-0.05, 0) is 48.0 Å². The maximum Gasteiger partial charge on any atom is 0.387 e. The second kappa shape index (κ2) is 10.4. The average Bonchev–Trinajstić information content (AvgIpc) is 2.82. The molecular formula is C22H21F2N3O6S. The molecule has 12 heteroatoms. The highest BCUT2D eigenvalue weighted by Gasteiger charge is 2.23. The Bertz CT molecular complexity index is 1250. The maximum atomic E-state index is 12.8. The molecule has 9 nitrogen and oxygen atoms in total. The molecule has 1 aromatic heterocycles. The first-order valence-electron chi connectivity index (χ1n) is 9.77. The Morgan fingerprint density at radius 1 is 1.09 bits per heavy atom. The third-order valence-electron chi connectivity index (χ3n) is 4.78. The van der Waals surface area contributed by atoms with Gasteiger partial charge in [-0.2, -0.15) is 8.78 Å². The summed E-state index contributed by atoms with van der Waals surface area (Å²) in [4.78, 5) is 16.1. The van der Waals surface area contributed by atoms with Crippen LogP contribution in [-0.4, -0.2) is 44.7 Å². The van der Waals surface area contributed by atoms with Crippen molar-refractivity contribution in [2.24, 2.45) is 0 Å². The Morgan fingerprint density at radius 3 is 2.24 bits per heavy atom. The summed E-state index contributed by atoms with van der Waals surface area (Å²) < 4.78 is 59.5. The van der Waals surface area contributed by atoms with Gasteiger partial charge < -0.3 is 25.6 Å². The lowest BCUT2D eigenvalue weighted by Gasteiger charge is -2.17. The Balaban J connectivity index is 1.79. The number of nitrogens with one attached hydrogen (secondary N) is 1. The number of aromatic nitrogens is 1. The number of alkyl halides is 2. The fourth-order valence-corrected chi connectivity index (χ4v) is 4.27. The van der Waals surface area contributed by atoms with E-state index in [1.54, 1.807) is 24.3 Å². The molecule has 0 saturated carbocycles. The van der Waals surface area contributed by atoms with Crippen LogP contribution in [0.2, 0.25) is 0 Å². The van der Waals surface area contributed by atoms with Crippen molar-refractivity contribution in [1.29, 1.82) is 0 Å². The predicted molar refractivity (Wildman–Crippen MR) is 117 cm³/mol. The second-order valence-electron chi connectivity index (χ2n) is 6.94. The van der Waals surface area contributed by atoms with Crippen molar-refractivity contribution in [2.45, 2.75) is 22.4 Å². The number of nitrogens with zero attached hydrogens (tertiary/aromatic N) is 1. The monoisotopic (exact) mass is 493 g/mol. The third-order valence-corrected chi connectivity index (χ3v) is 6.52. The lowest BCUT2D eigenvalue weighted by Crippen LogP contribution is -2.32. The van der Waals surface area contributed by atoms with Crippen LogP contribution in [0.5, 0.6) is 11.5 Å². The first kappa shape index (κ1) is 24.9. The standard InChI is InChI=1S/C22H21F2N3O6S/c1-32-14-4-2-13(3-5-14)19(12-28)27-21(29)20-18(25)10-17(11-26-20)34(30,31)16-8-6-15(7-9-16)33-22(23)24/h2-11,19,22,28H,12,25H2,1H3,(H,27,29). The van der Waals surface area contributed by atoms with E-state index in [2.05, 4.69) is 15.0 Å². The van der Waals surface area contributed by atoms with Crippen LogP contribution in [0, 0.1) is 0 Å². The molecule has 0 aliphatic heterocycles. The summed E-state index contributed by atoms with van der Waals surface area (Å²) in [6, 6.07) is 11.4. The van der Waals surface area contributed by atoms with Crippen molar-refractivity contribution < 1.29 is 36.6 Å². The number of carbonyl (C=O) groups excluding carboxylic acids is 1. The molecular weight excluding hydrogens is 472 g/mol. The Hall–Kier alpha value is -3.77. The molecule has 34 heavy (non-hydrogen) atoms. The lowest BCUT2D eigenvalue weighted by atomic mass is 10.1. The number of nitrogen functional groups attached to an aromatic ring is 1. The minimum absolute atomic E-state index is 0.200. The molecule has 0 bridgehead atoms. The van der Waals surface area contributed by atoms with E-state index in [-0.39, 0.29) is 26.9 Å². The number of carbonyl (C=O) groups is 1. The SMILES string of the molecule is COc1ccc(C(CO)NC(=O)c2ncc(S(=O)(=O)c3ccc(OC(F)F)cc3)cc2N)cc1. The highest BCUT2D eigenvalue weighted by molar-refractivity contribution is 7.91. The molecule has 0 spiro atoms. The van der Waals surface area contributed by atoms with Crippen molar-refractivity contribution in [1.82, 2.24) is 10.3 Å². The number of anilines is 1. The summed E-state index contributed by atoms with van der Waals surface area (Å²) in [5, 5.41) is 12.3. The van der Waals surface area contributed by atoms with Gasteiger partial charge in [-0.1, -0.05) is 12.1 Å². The number of hydrogen-bond donors (Lipinski definition) is 3. The number of halogens is 2. The average molecular weight is 493 g/mol. The summed E-state index contributed by atoms with van der Waals surface area (Å²) in [5.41, 5.74) is 6.07. The molecule has 0 aliphatic carbocycles. The molecule has 1 heterocycles. The number of aliphatic hydroxyl groups is 1. The fourth-order valence-electron chi connectivity index (χ4n) is 3.03. The number of ether oxygens (including phenoxy) is 2. The van der Waals surface area contributed by atoms with E-state index in [1.165, 1.54) is 7.11 Å². The zero-order valence-electron chi connectivity index (χ0n) is 17.8. The van der Waals surface area contributed by atoms with Gasteiger partial charge >= 0.3 is 6.61 Å². The number of benzene rings is 2. The number of pyridine rings is 1. The predicted octanol–water partition coefficient (Wildman–Crippen LogP) is 2.57. The van der Waals surface area contributed by atoms with Crippen molar-refractivity contribution in [2.75, 3.05) is 19.5 Å². The largest absolute Gasteiger partial charge is 0.497 e. The number of methoxy groups -OCH3 is 1. The van der Waals surface area contributed by atoms with Crippen molar-refractivity contribution in [3.63, 3.8) is 0 Å². The van der Waals surface area contributed by atoms with E-state index >= 15 is 0 Å². The minimum Gasteiger partial charge on any atom is -0.497 e. The van der Waals surface area contributed by atoms with Crippen LogP contribution in [0.1, 0.15) is 22.1 Å². The molecule has 180 valence electrons. The van der Waals surface area contributed by atoms with Crippen molar-refractivity contribution >= 4 is 21.4 Å². The highest BCUT2D eigenvalue weighted by atomic mass is 32.2. The van der Waals surface area contributed by atoms with Gasteiger partial charge in [0.1, 0.15) is 11.5 Å². The van der Waals surface area contributed by atoms with E-state index in [9.17, 15) is 27.1 Å². The first-order valence-corrected chi connectivity index (χ1v) is 11.2. The molecule has 1 unspecified atom stereocenters. The Kier molecular flexibility index (Phi) is 7.64. The van der Waals surface area contributed by atoms with Crippen LogP contribution in [0.25, 0.3) is 0 Å². The van der Waals surface area contributed by atoms with E-state index in [0.717, 1.165) is 36.5 Å². The zero-order chi connectivity index (χ0) is 24.9. The van der Waals surface area contributed by atoms with Crippen LogP contribution in [0.15, 0.2) is 70.6 Å². The number of rotatable bonds is 9. The van der Waals surface area contributed by atoms with Crippen LogP contribution in [-0.2, 0) is 9.84 Å². The van der Waals surface area contributed by atoms with Crippen LogP contribution < -0.4 is 20.5 Å².